The molecule has 5 nitrogen and oxygen atoms in total. The smallest absolute Gasteiger partial charge is 0.170 e. The third kappa shape index (κ3) is 8.04. The third-order valence-electron chi connectivity index (χ3n) is 4.20. The Morgan fingerprint density at radius 1 is 0.630 bits per heavy atom. The van der Waals surface area contributed by atoms with E-state index in [2.05, 4.69) is 103 Å². The lowest BCUT2D eigenvalue weighted by atomic mass is 10.3. The van der Waals surface area contributed by atoms with Crippen LogP contribution in [0.25, 0.3) is 0 Å². The summed E-state index contributed by atoms with van der Waals surface area (Å²) < 4.78 is 12.4. The molecule has 0 aromatic heterocycles. The van der Waals surface area contributed by atoms with Crippen molar-refractivity contribution in [3.8, 4) is 5.81 Å². The van der Waals surface area contributed by atoms with Crippen molar-refractivity contribution in [1.29, 1.82) is 5.26 Å². The largest absolute Gasteiger partial charge is 0.261 e. The van der Waals surface area contributed by atoms with Crippen LogP contribution < -0.4 is 0 Å². The molecule has 0 fully saturated rings. The van der Waals surface area contributed by atoms with E-state index in [0.29, 0.717) is 36.3 Å². The molecule has 0 saturated heterocycles. The van der Waals surface area contributed by atoms with Gasteiger partial charge in [0.05, 0.1) is 5.96 Å². The molecule has 0 radical (unpaired) electrons. The maximum atomic E-state index is 9.85. The zero-order valence-electron chi connectivity index (χ0n) is 19.7. The molecule has 0 aromatic rings. The first kappa shape index (κ1) is 26.9. The summed E-state index contributed by atoms with van der Waals surface area (Å²) in [6.07, 6.45) is 0. The van der Waals surface area contributed by atoms with Gasteiger partial charge in [-0.15, -0.1) is 0 Å². The average Bonchev–Trinajstić information content (AvgIpc) is 2.48. The van der Waals surface area contributed by atoms with E-state index in [1.807, 2.05) is 5.96 Å². The summed E-state index contributed by atoms with van der Waals surface area (Å²) in [5, 5.41) is 9.85. The summed E-state index contributed by atoms with van der Waals surface area (Å²) in [6, 6.07) is 2.23. The molecule has 0 aliphatic carbocycles. The van der Waals surface area contributed by atoms with E-state index in [1.54, 1.807) is 0 Å². The van der Waals surface area contributed by atoms with Crippen molar-refractivity contribution in [2.24, 2.45) is 4.76 Å². The van der Waals surface area contributed by atoms with Gasteiger partial charge >= 0.3 is 0 Å². The number of rotatable bonds is 11. The van der Waals surface area contributed by atoms with Crippen LogP contribution in [0.5, 0.6) is 0 Å². The molecule has 0 heterocycles. The van der Waals surface area contributed by atoms with Gasteiger partial charge in [0.1, 0.15) is 13.9 Å². The maximum Gasteiger partial charge on any atom is 0.170 e. The van der Waals surface area contributed by atoms with E-state index >= 15 is 0 Å². The van der Waals surface area contributed by atoms with Gasteiger partial charge in [0.15, 0.2) is 8.37 Å². The molecule has 0 spiro atoms. The van der Waals surface area contributed by atoms with Crippen molar-refractivity contribution in [3.63, 3.8) is 0 Å². The van der Waals surface area contributed by atoms with Gasteiger partial charge in [0.25, 0.3) is 0 Å². The Bertz CT molecular complexity index is 439. The summed E-state index contributed by atoms with van der Waals surface area (Å²) in [6.45, 7) is 26.6. The fraction of sp³-hybridized carbons (Fsp3) is 0.900. The van der Waals surface area contributed by atoms with E-state index in [0.717, 1.165) is 0 Å². The van der Waals surface area contributed by atoms with Gasteiger partial charge in [0, 0.05) is 36.3 Å². The molecule has 0 bridgehead atoms. The van der Waals surface area contributed by atoms with Crippen LogP contribution in [-0.2, 0) is 0 Å². The number of nitriles is 1. The molecule has 27 heavy (non-hydrogen) atoms. The van der Waals surface area contributed by atoms with Gasteiger partial charge in [0.2, 0.25) is 0 Å². The Labute approximate surface area is 171 Å². The zero-order valence-corrected chi connectivity index (χ0v) is 21.5. The molecule has 1 unspecified atom stereocenters. The summed E-state index contributed by atoms with van der Waals surface area (Å²) in [7, 11) is -1.92. The SMILES string of the molecule is CC(C)N(C(C)C)P(C#N)/C=N/P(N(C(C)C)C(C)C)N(C(C)C)C(C)C. The summed E-state index contributed by atoms with van der Waals surface area (Å²) in [4.78, 5) is 0. The van der Waals surface area contributed by atoms with Gasteiger partial charge in [-0.25, -0.2) is 14.1 Å². The normalized spacial score (nSPS) is 14.7. The fourth-order valence-electron chi connectivity index (χ4n) is 3.58. The maximum absolute atomic E-state index is 9.85. The first-order valence-corrected chi connectivity index (χ1v) is 12.8. The first-order valence-electron chi connectivity index (χ1n) is 10.2. The second kappa shape index (κ2) is 12.5. The van der Waals surface area contributed by atoms with E-state index in [4.69, 9.17) is 4.76 Å². The van der Waals surface area contributed by atoms with E-state index in [9.17, 15) is 5.26 Å². The number of hydrogen-bond donors (Lipinski definition) is 0. The highest BCUT2D eigenvalue weighted by molar-refractivity contribution is 7.75. The molecule has 0 N–H and O–H groups in total. The van der Waals surface area contributed by atoms with Crippen LogP contribution in [0.3, 0.4) is 0 Å². The Morgan fingerprint density at radius 3 is 1.15 bits per heavy atom. The summed E-state index contributed by atoms with van der Waals surface area (Å²) in [5.41, 5.74) is 0. The lowest BCUT2D eigenvalue weighted by Crippen LogP contribution is -2.42. The molecule has 0 aliphatic heterocycles. The Morgan fingerprint density at radius 2 is 0.926 bits per heavy atom. The monoisotopic (exact) mass is 415 g/mol. The standard InChI is InChI=1S/C20H43N5P2/c1-15(2)23(16(3)4)26(13-21)14-22-27(24(17(5)6)18(7)8)25(19(9)10)20(11)12/h14-20H,1-12H3/b22-14+. The van der Waals surface area contributed by atoms with Crippen LogP contribution >= 0.6 is 16.4 Å². The van der Waals surface area contributed by atoms with Crippen LogP contribution in [0.15, 0.2) is 4.76 Å². The van der Waals surface area contributed by atoms with Gasteiger partial charge < -0.3 is 0 Å². The Hall–Kier alpha value is -0.1000. The van der Waals surface area contributed by atoms with E-state index < -0.39 is 16.4 Å². The van der Waals surface area contributed by atoms with Crippen LogP contribution in [0, 0.1) is 11.1 Å². The molecule has 158 valence electrons. The first-order chi connectivity index (χ1) is 12.4. The minimum absolute atomic E-state index is 0.325. The molecule has 0 aromatic carbocycles. The van der Waals surface area contributed by atoms with Crippen molar-refractivity contribution in [2.75, 3.05) is 0 Å². The second-order valence-electron chi connectivity index (χ2n) is 8.65. The molecule has 1 atom stereocenters. The lowest BCUT2D eigenvalue weighted by Gasteiger charge is -2.44. The van der Waals surface area contributed by atoms with Crippen LogP contribution in [0.2, 0.25) is 0 Å². The van der Waals surface area contributed by atoms with E-state index in [1.165, 1.54) is 0 Å². The summed E-state index contributed by atoms with van der Waals surface area (Å²) >= 11 is 0. The second-order valence-corrected chi connectivity index (χ2v) is 11.9. The fourth-order valence-corrected chi connectivity index (χ4v) is 7.74. The number of hydrogen-bond acceptors (Lipinski definition) is 5. The van der Waals surface area contributed by atoms with E-state index in [-0.39, 0.29) is 0 Å². The van der Waals surface area contributed by atoms with Crippen LogP contribution in [0.4, 0.5) is 0 Å². The third-order valence-corrected chi connectivity index (χ3v) is 9.34. The lowest BCUT2D eigenvalue weighted by molar-refractivity contribution is 0.256. The van der Waals surface area contributed by atoms with Crippen molar-refractivity contribution >= 4 is 22.4 Å². The van der Waals surface area contributed by atoms with Crippen molar-refractivity contribution in [2.45, 2.75) is 119 Å². The quantitative estimate of drug-likeness (QED) is 0.286. The van der Waals surface area contributed by atoms with Crippen molar-refractivity contribution < 1.29 is 0 Å². The molecule has 0 saturated carbocycles. The summed E-state index contributed by atoms with van der Waals surface area (Å²) in [5.74, 6) is 4.50. The molecule has 0 aliphatic rings. The van der Waals surface area contributed by atoms with Crippen molar-refractivity contribution in [1.82, 2.24) is 14.0 Å². The molecular weight excluding hydrogens is 372 g/mol. The zero-order chi connectivity index (χ0) is 21.5. The van der Waals surface area contributed by atoms with Gasteiger partial charge in [-0.3, -0.25) is 4.67 Å². The highest BCUT2D eigenvalue weighted by Gasteiger charge is 2.33. The molecule has 0 rings (SSSR count). The predicted octanol–water partition coefficient (Wildman–Crippen LogP) is 6.48. The minimum Gasteiger partial charge on any atom is -0.261 e. The van der Waals surface area contributed by atoms with Gasteiger partial charge in [-0.05, 0) is 83.1 Å². The van der Waals surface area contributed by atoms with Crippen LogP contribution in [-0.4, -0.2) is 56.2 Å². The average molecular weight is 416 g/mol. The van der Waals surface area contributed by atoms with Crippen LogP contribution in [0.1, 0.15) is 83.1 Å². The van der Waals surface area contributed by atoms with Gasteiger partial charge in [-0.1, -0.05) is 0 Å². The number of nitrogens with zero attached hydrogens (tertiary/aromatic N) is 5. The molecular formula is C20H43N5P2. The predicted molar refractivity (Wildman–Crippen MR) is 124 cm³/mol. The van der Waals surface area contributed by atoms with Crippen molar-refractivity contribution in [3.05, 3.63) is 0 Å². The molecule has 7 heteroatoms. The highest BCUT2D eigenvalue weighted by Crippen LogP contribution is 2.52. The van der Waals surface area contributed by atoms with Gasteiger partial charge in [-0.2, -0.15) is 5.26 Å². The molecule has 0 amide bonds. The topological polar surface area (TPSA) is 45.9 Å². The highest BCUT2D eigenvalue weighted by atomic mass is 31.2. The minimum atomic E-state index is -1.05. The Balaban J connectivity index is 6.07. The Kier molecular flexibility index (Phi) is 12.4.